The first-order valence-electron chi connectivity index (χ1n) is 7.53. The van der Waals surface area contributed by atoms with Crippen molar-refractivity contribution in [3.8, 4) is 5.75 Å². The Morgan fingerprint density at radius 3 is 2.26 bits per heavy atom. The Balaban J connectivity index is 1.78. The molecule has 7 nitrogen and oxygen atoms in total. The standard InChI is InChI=1S/C17H14ClF2N3O4/c18-13-4-2-1-3-12(13)16(26)23-22-14(24)9-21-15(25)10-5-7-11(8-6-10)27-17(19)20/h1-8,17H,9H2,(H,21,25)(H,22,24)(H,23,26). The van der Waals surface area contributed by atoms with E-state index in [1.165, 1.54) is 36.4 Å². The molecule has 0 saturated heterocycles. The van der Waals surface area contributed by atoms with Crippen LogP contribution in [0.5, 0.6) is 5.75 Å². The molecule has 0 unspecified atom stereocenters. The molecule has 0 fully saturated rings. The first-order valence-corrected chi connectivity index (χ1v) is 7.91. The zero-order valence-electron chi connectivity index (χ0n) is 13.7. The average Bonchev–Trinajstić information content (AvgIpc) is 2.64. The van der Waals surface area contributed by atoms with Crippen LogP contribution < -0.4 is 20.9 Å². The van der Waals surface area contributed by atoms with Crippen molar-refractivity contribution in [2.75, 3.05) is 6.54 Å². The van der Waals surface area contributed by atoms with Gasteiger partial charge in [0.15, 0.2) is 0 Å². The summed E-state index contributed by atoms with van der Waals surface area (Å²) in [5.41, 5.74) is 4.62. The fourth-order valence-corrected chi connectivity index (χ4v) is 2.16. The predicted octanol–water partition coefficient (Wildman–Crippen LogP) is 2.13. The Bertz CT molecular complexity index is 831. The van der Waals surface area contributed by atoms with Crippen molar-refractivity contribution in [1.29, 1.82) is 0 Å². The third-order valence-electron chi connectivity index (χ3n) is 3.19. The first-order chi connectivity index (χ1) is 12.9. The molecule has 0 heterocycles. The molecule has 142 valence electrons. The van der Waals surface area contributed by atoms with Crippen LogP contribution in [0.1, 0.15) is 20.7 Å². The molecule has 10 heteroatoms. The van der Waals surface area contributed by atoms with Crippen LogP contribution in [0.3, 0.4) is 0 Å². The average molecular weight is 398 g/mol. The topological polar surface area (TPSA) is 96.5 Å². The lowest BCUT2D eigenvalue weighted by molar-refractivity contribution is -0.120. The van der Waals surface area contributed by atoms with Gasteiger partial charge in [-0.25, -0.2) is 0 Å². The number of hydrogen-bond acceptors (Lipinski definition) is 4. The third-order valence-corrected chi connectivity index (χ3v) is 3.51. The van der Waals surface area contributed by atoms with Gasteiger partial charge in [-0.15, -0.1) is 0 Å². The van der Waals surface area contributed by atoms with Gasteiger partial charge in [0.2, 0.25) is 0 Å². The largest absolute Gasteiger partial charge is 0.435 e. The van der Waals surface area contributed by atoms with Gasteiger partial charge in [-0.2, -0.15) is 8.78 Å². The molecule has 3 N–H and O–H groups in total. The summed E-state index contributed by atoms with van der Waals surface area (Å²) in [5.74, 6) is -2.00. The molecule has 2 rings (SSSR count). The van der Waals surface area contributed by atoms with Crippen LogP contribution in [0.25, 0.3) is 0 Å². The Labute approximate surface area is 157 Å². The Hall–Kier alpha value is -3.20. The van der Waals surface area contributed by atoms with E-state index in [4.69, 9.17) is 11.6 Å². The summed E-state index contributed by atoms with van der Waals surface area (Å²) >= 11 is 5.86. The van der Waals surface area contributed by atoms with Crippen molar-refractivity contribution < 1.29 is 27.9 Å². The van der Waals surface area contributed by atoms with Crippen LogP contribution in [0.15, 0.2) is 48.5 Å². The van der Waals surface area contributed by atoms with Gasteiger partial charge in [0, 0.05) is 5.56 Å². The highest BCUT2D eigenvalue weighted by molar-refractivity contribution is 6.33. The molecule has 0 aliphatic carbocycles. The minimum atomic E-state index is -2.96. The number of hydrogen-bond donors (Lipinski definition) is 3. The second kappa shape index (κ2) is 9.48. The van der Waals surface area contributed by atoms with Crippen molar-refractivity contribution in [2.24, 2.45) is 0 Å². The van der Waals surface area contributed by atoms with Crippen LogP contribution in [-0.4, -0.2) is 30.9 Å². The summed E-state index contributed by atoms with van der Waals surface area (Å²) in [5, 5.41) is 2.54. The van der Waals surface area contributed by atoms with Gasteiger partial charge in [0.25, 0.3) is 17.7 Å². The second-order valence-corrected chi connectivity index (χ2v) is 5.47. The van der Waals surface area contributed by atoms with Gasteiger partial charge in [-0.3, -0.25) is 25.2 Å². The highest BCUT2D eigenvalue weighted by Crippen LogP contribution is 2.15. The van der Waals surface area contributed by atoms with Crippen LogP contribution in [0.2, 0.25) is 5.02 Å². The van der Waals surface area contributed by atoms with Gasteiger partial charge in [-0.1, -0.05) is 23.7 Å². The lowest BCUT2D eigenvalue weighted by Crippen LogP contribution is -2.46. The second-order valence-electron chi connectivity index (χ2n) is 5.07. The van der Waals surface area contributed by atoms with E-state index < -0.39 is 30.9 Å². The summed E-state index contributed by atoms with van der Waals surface area (Å²) in [6, 6.07) is 11.2. The monoisotopic (exact) mass is 397 g/mol. The van der Waals surface area contributed by atoms with E-state index in [0.29, 0.717) is 0 Å². The molecule has 0 aliphatic rings. The molecule has 0 spiro atoms. The molecule has 27 heavy (non-hydrogen) atoms. The Morgan fingerprint density at radius 1 is 0.963 bits per heavy atom. The van der Waals surface area contributed by atoms with E-state index in [9.17, 15) is 23.2 Å². The zero-order chi connectivity index (χ0) is 19.8. The minimum absolute atomic E-state index is 0.0958. The van der Waals surface area contributed by atoms with Crippen molar-refractivity contribution >= 4 is 29.3 Å². The normalized spacial score (nSPS) is 10.2. The molecular formula is C17H14ClF2N3O4. The summed E-state index contributed by atoms with van der Waals surface area (Å²) in [4.78, 5) is 35.5. The summed E-state index contributed by atoms with van der Waals surface area (Å²) < 4.78 is 28.3. The number of rotatable bonds is 6. The fourth-order valence-electron chi connectivity index (χ4n) is 1.93. The van der Waals surface area contributed by atoms with E-state index in [-0.39, 0.29) is 21.9 Å². The van der Waals surface area contributed by atoms with Crippen LogP contribution in [0.4, 0.5) is 8.78 Å². The molecule has 0 atom stereocenters. The highest BCUT2D eigenvalue weighted by Gasteiger charge is 2.12. The van der Waals surface area contributed by atoms with Gasteiger partial charge >= 0.3 is 6.61 Å². The van der Waals surface area contributed by atoms with E-state index in [1.54, 1.807) is 12.1 Å². The lowest BCUT2D eigenvalue weighted by Gasteiger charge is -2.09. The fraction of sp³-hybridized carbons (Fsp3) is 0.118. The van der Waals surface area contributed by atoms with E-state index in [1.807, 2.05) is 0 Å². The summed E-state index contributed by atoms with van der Waals surface area (Å²) in [7, 11) is 0. The Kier molecular flexibility index (Phi) is 7.07. The number of ether oxygens (including phenoxy) is 1. The van der Waals surface area contributed by atoms with Crippen LogP contribution >= 0.6 is 11.6 Å². The maximum atomic E-state index is 12.1. The maximum absolute atomic E-state index is 12.1. The first kappa shape index (κ1) is 20.1. The number of benzene rings is 2. The number of nitrogens with one attached hydrogen (secondary N) is 3. The number of amides is 3. The van der Waals surface area contributed by atoms with Gasteiger partial charge in [0.1, 0.15) is 5.75 Å². The van der Waals surface area contributed by atoms with E-state index >= 15 is 0 Å². The molecular weight excluding hydrogens is 384 g/mol. The van der Waals surface area contributed by atoms with Gasteiger partial charge in [-0.05, 0) is 36.4 Å². The highest BCUT2D eigenvalue weighted by atomic mass is 35.5. The van der Waals surface area contributed by atoms with Gasteiger partial charge in [0.05, 0.1) is 17.1 Å². The molecule has 0 saturated carbocycles. The summed E-state index contributed by atoms with van der Waals surface area (Å²) in [6.45, 7) is -3.38. The number of carbonyl (C=O) groups excluding carboxylic acids is 3. The molecule has 0 radical (unpaired) electrons. The summed E-state index contributed by atoms with van der Waals surface area (Å²) in [6.07, 6.45) is 0. The molecule has 0 bridgehead atoms. The molecule has 2 aromatic carbocycles. The van der Waals surface area contributed by atoms with Crippen LogP contribution in [0, 0.1) is 0 Å². The predicted molar refractivity (Wildman–Crippen MR) is 92.5 cm³/mol. The minimum Gasteiger partial charge on any atom is -0.435 e. The Morgan fingerprint density at radius 2 is 1.63 bits per heavy atom. The van der Waals surface area contributed by atoms with Crippen molar-refractivity contribution in [2.45, 2.75) is 6.61 Å². The number of alkyl halides is 2. The quantitative estimate of drug-likeness (QED) is 0.651. The maximum Gasteiger partial charge on any atom is 0.387 e. The smallest absolute Gasteiger partial charge is 0.387 e. The molecule has 2 aromatic rings. The number of halogens is 3. The number of carbonyl (C=O) groups is 3. The third kappa shape index (κ3) is 6.23. The lowest BCUT2D eigenvalue weighted by atomic mass is 10.2. The van der Waals surface area contributed by atoms with E-state index in [2.05, 4.69) is 20.9 Å². The van der Waals surface area contributed by atoms with Crippen LogP contribution in [-0.2, 0) is 4.79 Å². The zero-order valence-corrected chi connectivity index (χ0v) is 14.4. The van der Waals surface area contributed by atoms with Crippen molar-refractivity contribution in [3.05, 3.63) is 64.7 Å². The van der Waals surface area contributed by atoms with E-state index in [0.717, 1.165) is 0 Å². The molecule has 3 amide bonds. The van der Waals surface area contributed by atoms with Crippen molar-refractivity contribution in [1.82, 2.24) is 16.2 Å². The molecule has 0 aliphatic heterocycles. The molecule has 0 aromatic heterocycles. The van der Waals surface area contributed by atoms with Gasteiger partial charge < -0.3 is 10.1 Å². The number of hydrazine groups is 1. The SMILES string of the molecule is O=C(CNC(=O)c1ccc(OC(F)F)cc1)NNC(=O)c1ccccc1Cl. The van der Waals surface area contributed by atoms with Crippen molar-refractivity contribution in [3.63, 3.8) is 0 Å².